The second-order valence-corrected chi connectivity index (χ2v) is 13.2. The smallest absolute Gasteiger partial charge is 0.192 e. The molecule has 1 aromatic rings. The van der Waals surface area contributed by atoms with E-state index in [0.29, 0.717) is 19.6 Å². The summed E-state index contributed by atoms with van der Waals surface area (Å²) in [7, 11) is 1.24. The maximum atomic E-state index is 11.7. The maximum absolute atomic E-state index is 11.7. The zero-order chi connectivity index (χ0) is 20.7. The van der Waals surface area contributed by atoms with Crippen molar-refractivity contribution in [3.8, 4) is 5.75 Å². The fourth-order valence-electron chi connectivity index (χ4n) is 2.44. The number of hydrogen-bond acceptors (Lipinski definition) is 5. The first-order valence-corrected chi connectivity index (χ1v) is 12.3. The number of ketones is 1. The van der Waals surface area contributed by atoms with E-state index in [1.807, 2.05) is 24.3 Å². The number of rotatable bonds is 11. The quantitative estimate of drug-likeness (QED) is 0.512. The highest BCUT2D eigenvalue weighted by molar-refractivity contribution is 6.74. The average molecular weight is 397 g/mol. The van der Waals surface area contributed by atoms with Gasteiger partial charge in [-0.15, -0.1) is 0 Å². The Bertz CT molecular complexity index is 577. The van der Waals surface area contributed by atoms with Gasteiger partial charge in [0.25, 0.3) is 0 Å². The van der Waals surface area contributed by atoms with Crippen LogP contribution in [0.4, 0.5) is 0 Å². The van der Waals surface area contributed by atoms with Gasteiger partial charge in [-0.3, -0.25) is 4.79 Å². The molecule has 27 heavy (non-hydrogen) atoms. The summed E-state index contributed by atoms with van der Waals surface area (Å²) in [4.78, 5) is 11.7. The standard InChI is InChI=1S/C21H36O5Si/c1-16(22)13-19(24-6)20(26-27(7,8)21(2,3)4)15-25-14-17-9-11-18(23-5)12-10-17/h9-12,19-20H,13-15H2,1-8H3/t19-,20-/m0/s1. The molecule has 0 radical (unpaired) electrons. The molecule has 0 saturated heterocycles. The van der Waals surface area contributed by atoms with Gasteiger partial charge >= 0.3 is 0 Å². The van der Waals surface area contributed by atoms with Gasteiger partial charge in [0, 0.05) is 13.5 Å². The Labute approximate surface area is 165 Å². The van der Waals surface area contributed by atoms with Crippen molar-refractivity contribution in [1.29, 1.82) is 0 Å². The SMILES string of the molecule is COc1ccc(COC[C@H](O[Si](C)(C)C(C)(C)C)[C@H](CC(C)=O)OC)cc1. The molecule has 6 heteroatoms. The van der Waals surface area contributed by atoms with E-state index in [-0.39, 0.29) is 23.0 Å². The number of Topliss-reactive ketones (excluding diaryl/α,β-unsaturated/α-hetero) is 1. The van der Waals surface area contributed by atoms with Gasteiger partial charge in [-0.2, -0.15) is 0 Å². The molecule has 0 unspecified atom stereocenters. The minimum Gasteiger partial charge on any atom is -0.497 e. The number of hydrogen-bond donors (Lipinski definition) is 0. The Kier molecular flexibility index (Phi) is 9.15. The fraction of sp³-hybridized carbons (Fsp3) is 0.667. The first kappa shape index (κ1) is 23.8. The summed E-state index contributed by atoms with van der Waals surface area (Å²) in [5.41, 5.74) is 1.06. The van der Waals surface area contributed by atoms with Crippen LogP contribution in [0.25, 0.3) is 0 Å². The highest BCUT2D eigenvalue weighted by atomic mass is 28.4. The largest absolute Gasteiger partial charge is 0.497 e. The predicted octanol–water partition coefficient (Wildman–Crippen LogP) is 4.60. The molecule has 0 saturated carbocycles. The Morgan fingerprint density at radius 3 is 2.11 bits per heavy atom. The summed E-state index contributed by atoms with van der Waals surface area (Å²) in [5.74, 6) is 0.902. The first-order valence-electron chi connectivity index (χ1n) is 9.41. The van der Waals surface area contributed by atoms with Crippen molar-refractivity contribution in [2.75, 3.05) is 20.8 Å². The lowest BCUT2D eigenvalue weighted by molar-refractivity contribution is -0.123. The number of carbonyl (C=O) groups is 1. The molecule has 154 valence electrons. The normalized spacial score (nSPS) is 14.7. The minimum atomic E-state index is -2.03. The van der Waals surface area contributed by atoms with Crippen molar-refractivity contribution in [2.24, 2.45) is 0 Å². The molecule has 0 heterocycles. The highest BCUT2D eigenvalue weighted by Gasteiger charge is 2.41. The Balaban J connectivity index is 2.81. The molecule has 0 aromatic heterocycles. The van der Waals surface area contributed by atoms with E-state index in [1.54, 1.807) is 21.1 Å². The molecule has 0 aliphatic heterocycles. The van der Waals surface area contributed by atoms with Crippen LogP contribution in [-0.2, 0) is 25.3 Å². The zero-order valence-electron chi connectivity index (χ0n) is 18.1. The van der Waals surface area contributed by atoms with E-state index >= 15 is 0 Å². The Morgan fingerprint density at radius 1 is 1.07 bits per heavy atom. The number of methoxy groups -OCH3 is 2. The van der Waals surface area contributed by atoms with Crippen LogP contribution in [0.2, 0.25) is 18.1 Å². The van der Waals surface area contributed by atoms with Crippen LogP contribution < -0.4 is 4.74 Å². The summed E-state index contributed by atoms with van der Waals surface area (Å²) in [6, 6.07) is 7.78. The molecule has 0 amide bonds. The van der Waals surface area contributed by atoms with Crippen LogP contribution in [-0.4, -0.2) is 47.1 Å². The van der Waals surface area contributed by atoms with E-state index in [1.165, 1.54) is 0 Å². The molecule has 0 bridgehead atoms. The predicted molar refractivity (Wildman–Crippen MR) is 111 cm³/mol. The molecule has 0 N–H and O–H groups in total. The second kappa shape index (κ2) is 10.4. The van der Waals surface area contributed by atoms with Gasteiger partial charge in [0.1, 0.15) is 11.5 Å². The summed E-state index contributed by atoms with van der Waals surface area (Å²) in [6.45, 7) is 13.4. The molecule has 5 nitrogen and oxygen atoms in total. The lowest BCUT2D eigenvalue weighted by Crippen LogP contribution is -2.49. The summed E-state index contributed by atoms with van der Waals surface area (Å²) in [5, 5.41) is 0.0652. The van der Waals surface area contributed by atoms with E-state index in [2.05, 4.69) is 33.9 Å². The lowest BCUT2D eigenvalue weighted by Gasteiger charge is -2.41. The minimum absolute atomic E-state index is 0.0652. The molecule has 0 spiro atoms. The van der Waals surface area contributed by atoms with Gasteiger partial charge in [0.15, 0.2) is 8.32 Å². The average Bonchev–Trinajstić information content (AvgIpc) is 2.58. The molecular formula is C21H36O5Si. The van der Waals surface area contributed by atoms with Crippen molar-refractivity contribution in [3.05, 3.63) is 29.8 Å². The fourth-order valence-corrected chi connectivity index (χ4v) is 3.77. The summed E-state index contributed by atoms with van der Waals surface area (Å²) < 4.78 is 23.3. The van der Waals surface area contributed by atoms with E-state index in [9.17, 15) is 4.79 Å². The molecule has 1 aromatic carbocycles. The molecule has 0 aliphatic carbocycles. The van der Waals surface area contributed by atoms with Crippen LogP contribution in [0.1, 0.15) is 39.7 Å². The highest BCUT2D eigenvalue weighted by Crippen LogP contribution is 2.38. The van der Waals surface area contributed by atoms with Crippen molar-refractivity contribution < 1.29 is 23.4 Å². The summed E-state index contributed by atoms with van der Waals surface area (Å²) >= 11 is 0. The first-order chi connectivity index (χ1) is 12.5. The Morgan fingerprint density at radius 2 is 1.67 bits per heavy atom. The van der Waals surface area contributed by atoms with Crippen molar-refractivity contribution in [1.82, 2.24) is 0 Å². The monoisotopic (exact) mass is 396 g/mol. The van der Waals surface area contributed by atoms with Crippen LogP contribution in [0.15, 0.2) is 24.3 Å². The lowest BCUT2D eigenvalue weighted by atomic mass is 10.1. The molecule has 2 atom stereocenters. The van der Waals surface area contributed by atoms with E-state index in [4.69, 9.17) is 18.6 Å². The van der Waals surface area contributed by atoms with Crippen molar-refractivity contribution in [3.63, 3.8) is 0 Å². The molecule has 0 fully saturated rings. The number of ether oxygens (including phenoxy) is 3. The molecular weight excluding hydrogens is 360 g/mol. The van der Waals surface area contributed by atoms with E-state index in [0.717, 1.165) is 11.3 Å². The number of carbonyl (C=O) groups excluding carboxylic acids is 1. The molecule has 0 aliphatic rings. The maximum Gasteiger partial charge on any atom is 0.192 e. The van der Waals surface area contributed by atoms with Gasteiger partial charge in [0.05, 0.1) is 32.5 Å². The van der Waals surface area contributed by atoms with Crippen LogP contribution in [0.3, 0.4) is 0 Å². The van der Waals surface area contributed by atoms with Crippen molar-refractivity contribution >= 4 is 14.1 Å². The third kappa shape index (κ3) is 7.74. The summed E-state index contributed by atoms with van der Waals surface area (Å²) in [6.07, 6.45) is -0.271. The van der Waals surface area contributed by atoms with Crippen LogP contribution in [0, 0.1) is 0 Å². The van der Waals surface area contributed by atoms with Gasteiger partial charge in [0.2, 0.25) is 0 Å². The zero-order valence-corrected chi connectivity index (χ0v) is 19.1. The van der Waals surface area contributed by atoms with Gasteiger partial charge < -0.3 is 18.6 Å². The van der Waals surface area contributed by atoms with Gasteiger partial charge in [-0.25, -0.2) is 0 Å². The molecule has 1 rings (SSSR count). The second-order valence-electron chi connectivity index (χ2n) is 8.46. The number of benzene rings is 1. The Hall–Kier alpha value is -1.21. The van der Waals surface area contributed by atoms with Crippen LogP contribution >= 0.6 is 0 Å². The topological polar surface area (TPSA) is 54.0 Å². The van der Waals surface area contributed by atoms with Crippen LogP contribution in [0.5, 0.6) is 5.75 Å². The third-order valence-corrected chi connectivity index (χ3v) is 9.67. The third-order valence-electron chi connectivity index (χ3n) is 5.17. The van der Waals surface area contributed by atoms with E-state index < -0.39 is 8.32 Å². The van der Waals surface area contributed by atoms with Crippen molar-refractivity contribution in [2.45, 2.75) is 71.1 Å². The van der Waals surface area contributed by atoms with Gasteiger partial charge in [-0.05, 0) is 42.8 Å². The van der Waals surface area contributed by atoms with Gasteiger partial charge in [-0.1, -0.05) is 32.9 Å².